The number of rotatable bonds is 3. The van der Waals surface area contributed by atoms with Gasteiger partial charge in [-0.05, 0) is 18.9 Å². The van der Waals surface area contributed by atoms with Gasteiger partial charge in [0.2, 0.25) is 0 Å². The van der Waals surface area contributed by atoms with Crippen molar-refractivity contribution in [3.8, 4) is 0 Å². The van der Waals surface area contributed by atoms with Gasteiger partial charge in [0.15, 0.2) is 0 Å². The van der Waals surface area contributed by atoms with Crippen LogP contribution in [0.15, 0.2) is 23.1 Å². The third kappa shape index (κ3) is 4.31. The van der Waals surface area contributed by atoms with Gasteiger partial charge in [-0.1, -0.05) is 26.0 Å². The molecule has 0 saturated heterocycles. The molecule has 4 heteroatoms. The molecule has 0 aromatic rings. The summed E-state index contributed by atoms with van der Waals surface area (Å²) in [6.45, 7) is 5.38. The highest BCUT2D eigenvalue weighted by molar-refractivity contribution is 7.90. The molecule has 0 aliphatic carbocycles. The third-order valence-electron chi connectivity index (χ3n) is 1.13. The minimum atomic E-state index is -4.05. The molecule has 0 aliphatic heterocycles. The molecule has 0 aromatic heterocycles. The van der Waals surface area contributed by atoms with Gasteiger partial charge in [-0.25, -0.2) is 0 Å². The van der Waals surface area contributed by atoms with Crippen molar-refractivity contribution >= 4 is 10.1 Å². The Morgan fingerprint density at radius 3 is 2.17 bits per heavy atom. The molecule has 0 aromatic carbocycles. The zero-order valence-corrected chi connectivity index (χ0v) is 8.30. The Labute approximate surface area is 73.5 Å². The minimum absolute atomic E-state index is 0.0417. The quantitative estimate of drug-likeness (QED) is 0.547. The smallest absolute Gasteiger partial charge is 0.282 e. The van der Waals surface area contributed by atoms with Crippen molar-refractivity contribution in [1.82, 2.24) is 0 Å². The molecule has 1 N–H and O–H groups in total. The first-order valence-corrected chi connectivity index (χ1v) is 5.14. The van der Waals surface area contributed by atoms with Gasteiger partial charge in [0.25, 0.3) is 10.1 Å². The van der Waals surface area contributed by atoms with E-state index in [0.29, 0.717) is 0 Å². The van der Waals surface area contributed by atoms with Gasteiger partial charge in [0.1, 0.15) is 0 Å². The highest BCUT2D eigenvalue weighted by Gasteiger charge is 2.09. The van der Waals surface area contributed by atoms with Crippen molar-refractivity contribution in [2.75, 3.05) is 0 Å². The Morgan fingerprint density at radius 2 is 1.92 bits per heavy atom. The average Bonchev–Trinajstić information content (AvgIpc) is 1.83. The molecule has 0 amide bonds. The van der Waals surface area contributed by atoms with Gasteiger partial charge in [0, 0.05) is 0 Å². The molecule has 3 nitrogen and oxygen atoms in total. The molecule has 0 unspecified atom stereocenters. The summed E-state index contributed by atoms with van der Waals surface area (Å²) < 4.78 is 30.1. The van der Waals surface area contributed by atoms with E-state index >= 15 is 0 Å². The maximum Gasteiger partial charge on any atom is 0.294 e. The van der Waals surface area contributed by atoms with Crippen LogP contribution in [0.4, 0.5) is 0 Å². The highest BCUT2D eigenvalue weighted by Crippen LogP contribution is 2.09. The second-order valence-electron chi connectivity index (χ2n) is 2.79. The van der Waals surface area contributed by atoms with Crippen LogP contribution >= 0.6 is 0 Å². The van der Waals surface area contributed by atoms with Crippen molar-refractivity contribution in [1.29, 1.82) is 0 Å². The van der Waals surface area contributed by atoms with E-state index in [1.807, 2.05) is 13.8 Å². The number of hydrogen-bond donors (Lipinski definition) is 1. The standard InChI is InChI=1S/C8H14O3S/c1-4-5-8(6-7(2)3)12(9,10)11/h4-7H,1-3H3,(H,9,10,11)/b5-4-,8-6+. The van der Waals surface area contributed by atoms with E-state index < -0.39 is 10.1 Å². The summed E-state index contributed by atoms with van der Waals surface area (Å²) >= 11 is 0. The SMILES string of the molecule is C/C=C\C(=C/C(C)C)S(=O)(=O)O. The first-order valence-electron chi connectivity index (χ1n) is 3.70. The molecule has 0 atom stereocenters. The zero-order valence-electron chi connectivity index (χ0n) is 7.48. The summed E-state index contributed by atoms with van der Waals surface area (Å²) in [6.07, 6.45) is 4.44. The Bertz CT molecular complexity index is 283. The third-order valence-corrected chi connectivity index (χ3v) is 1.99. The minimum Gasteiger partial charge on any atom is -0.282 e. The van der Waals surface area contributed by atoms with E-state index in [1.54, 1.807) is 13.0 Å². The van der Waals surface area contributed by atoms with Crippen LogP contribution in [0.25, 0.3) is 0 Å². The van der Waals surface area contributed by atoms with E-state index in [2.05, 4.69) is 0 Å². The lowest BCUT2D eigenvalue weighted by atomic mass is 10.2. The molecule has 0 rings (SSSR count). The second kappa shape index (κ2) is 4.42. The highest BCUT2D eigenvalue weighted by atomic mass is 32.2. The molecule has 0 radical (unpaired) electrons. The van der Waals surface area contributed by atoms with Crippen molar-refractivity contribution in [3.05, 3.63) is 23.1 Å². The Morgan fingerprint density at radius 1 is 1.42 bits per heavy atom. The lowest BCUT2D eigenvalue weighted by Gasteiger charge is -1.99. The lowest BCUT2D eigenvalue weighted by molar-refractivity contribution is 0.491. The predicted octanol–water partition coefficient (Wildman–Crippen LogP) is 1.99. The molecule has 0 bridgehead atoms. The summed E-state index contributed by atoms with van der Waals surface area (Å²) in [6, 6.07) is 0. The Hall–Kier alpha value is -0.610. The van der Waals surface area contributed by atoms with Gasteiger partial charge in [0.05, 0.1) is 4.91 Å². The first kappa shape index (κ1) is 11.4. The van der Waals surface area contributed by atoms with Crippen LogP contribution in [0.5, 0.6) is 0 Å². The van der Waals surface area contributed by atoms with Crippen LogP contribution in [-0.4, -0.2) is 13.0 Å². The van der Waals surface area contributed by atoms with Crippen molar-refractivity contribution < 1.29 is 13.0 Å². The van der Waals surface area contributed by atoms with Crippen LogP contribution in [0.3, 0.4) is 0 Å². The monoisotopic (exact) mass is 190 g/mol. The number of allylic oxidation sites excluding steroid dienone is 3. The van der Waals surface area contributed by atoms with E-state index in [1.165, 1.54) is 12.2 Å². The summed E-state index contributed by atoms with van der Waals surface area (Å²) in [7, 11) is -4.05. The molecule has 0 spiro atoms. The topological polar surface area (TPSA) is 54.4 Å². The molecule has 0 fully saturated rings. The lowest BCUT2D eigenvalue weighted by Crippen LogP contribution is -2.00. The molecule has 0 saturated carbocycles. The maximum absolute atomic E-state index is 10.7. The maximum atomic E-state index is 10.7. The van der Waals surface area contributed by atoms with Crippen molar-refractivity contribution in [2.24, 2.45) is 5.92 Å². The van der Waals surface area contributed by atoms with Crippen molar-refractivity contribution in [2.45, 2.75) is 20.8 Å². The van der Waals surface area contributed by atoms with Crippen LogP contribution in [-0.2, 0) is 10.1 Å². The molecule has 0 heterocycles. The Kier molecular flexibility index (Phi) is 4.20. The van der Waals surface area contributed by atoms with Gasteiger partial charge in [-0.3, -0.25) is 4.55 Å². The molecule has 0 aliphatic rings. The summed E-state index contributed by atoms with van der Waals surface area (Å²) in [4.78, 5) is -0.0417. The van der Waals surface area contributed by atoms with Crippen LogP contribution in [0.1, 0.15) is 20.8 Å². The molecular weight excluding hydrogens is 176 g/mol. The first-order chi connectivity index (χ1) is 5.38. The average molecular weight is 190 g/mol. The van der Waals surface area contributed by atoms with Crippen LogP contribution in [0.2, 0.25) is 0 Å². The van der Waals surface area contributed by atoms with Crippen LogP contribution < -0.4 is 0 Å². The van der Waals surface area contributed by atoms with Crippen LogP contribution in [0, 0.1) is 5.92 Å². The van der Waals surface area contributed by atoms with E-state index in [-0.39, 0.29) is 10.8 Å². The molecular formula is C8H14O3S. The summed E-state index contributed by atoms with van der Waals surface area (Å²) in [5.74, 6) is 0.0955. The van der Waals surface area contributed by atoms with Gasteiger partial charge < -0.3 is 0 Å². The zero-order chi connectivity index (χ0) is 9.78. The molecule has 12 heavy (non-hydrogen) atoms. The predicted molar refractivity (Wildman–Crippen MR) is 49.3 cm³/mol. The fraction of sp³-hybridized carbons (Fsp3) is 0.500. The normalized spacial score (nSPS) is 14.6. The largest absolute Gasteiger partial charge is 0.294 e. The number of hydrogen-bond acceptors (Lipinski definition) is 2. The Balaban J connectivity index is 4.94. The molecule has 70 valence electrons. The second-order valence-corrected chi connectivity index (χ2v) is 4.21. The fourth-order valence-electron chi connectivity index (χ4n) is 0.720. The summed E-state index contributed by atoms with van der Waals surface area (Å²) in [5.41, 5.74) is 0. The van der Waals surface area contributed by atoms with Crippen molar-refractivity contribution in [3.63, 3.8) is 0 Å². The fourth-order valence-corrected chi connectivity index (χ4v) is 1.47. The van der Waals surface area contributed by atoms with Gasteiger partial charge >= 0.3 is 0 Å². The van der Waals surface area contributed by atoms with E-state index in [9.17, 15) is 8.42 Å². The van der Waals surface area contributed by atoms with E-state index in [0.717, 1.165) is 0 Å². The summed E-state index contributed by atoms with van der Waals surface area (Å²) in [5, 5.41) is 0. The van der Waals surface area contributed by atoms with Gasteiger partial charge in [-0.15, -0.1) is 0 Å². The van der Waals surface area contributed by atoms with E-state index in [4.69, 9.17) is 4.55 Å². The van der Waals surface area contributed by atoms with Gasteiger partial charge in [-0.2, -0.15) is 8.42 Å².